The van der Waals surface area contributed by atoms with Crippen molar-refractivity contribution in [3.8, 4) is 0 Å². The van der Waals surface area contributed by atoms with E-state index < -0.39 is 17.7 Å². The molecule has 18 heavy (non-hydrogen) atoms. The highest BCUT2D eigenvalue weighted by atomic mass is 19.2. The van der Waals surface area contributed by atoms with Gasteiger partial charge in [0.05, 0.1) is 11.0 Å². The fourth-order valence-electron chi connectivity index (χ4n) is 1.91. The predicted molar refractivity (Wildman–Crippen MR) is 61.6 cm³/mol. The minimum Gasteiger partial charge on any atom is -0.464 e. The predicted octanol–water partition coefficient (Wildman–Crippen LogP) is 3.04. The Morgan fingerprint density at radius 3 is 2.72 bits per heavy atom. The maximum absolute atomic E-state index is 13.7. The van der Waals surface area contributed by atoms with Gasteiger partial charge in [-0.3, -0.25) is 0 Å². The molecule has 0 spiro atoms. The van der Waals surface area contributed by atoms with E-state index in [0.717, 1.165) is 17.0 Å². The van der Waals surface area contributed by atoms with Gasteiger partial charge in [-0.15, -0.1) is 0 Å². The summed E-state index contributed by atoms with van der Waals surface area (Å²) in [5, 5.41) is 8.91. The van der Waals surface area contributed by atoms with Gasteiger partial charge in [0.2, 0.25) is 0 Å². The molecule has 0 saturated heterocycles. The van der Waals surface area contributed by atoms with E-state index in [0.29, 0.717) is 6.42 Å². The highest BCUT2D eigenvalue weighted by molar-refractivity contribution is 5.87. The summed E-state index contributed by atoms with van der Waals surface area (Å²) in [6.07, 6.45) is 0.0749. The molecular formula is C12H12F2N2O2. The van der Waals surface area contributed by atoms with Crippen molar-refractivity contribution in [3.63, 3.8) is 0 Å². The van der Waals surface area contributed by atoms with E-state index in [1.54, 1.807) is 0 Å². The lowest BCUT2D eigenvalue weighted by Crippen LogP contribution is -2.07. The van der Waals surface area contributed by atoms with E-state index in [9.17, 15) is 13.6 Å². The van der Waals surface area contributed by atoms with Gasteiger partial charge in [-0.05, 0) is 12.3 Å². The summed E-state index contributed by atoms with van der Waals surface area (Å²) >= 11 is 0. The number of carboxylic acid groups (broad SMARTS) is 1. The number of aromatic nitrogens is 2. The third-order valence-electron chi connectivity index (χ3n) is 2.65. The topological polar surface area (TPSA) is 55.1 Å². The van der Waals surface area contributed by atoms with Crippen molar-refractivity contribution >= 4 is 17.1 Å². The molecule has 1 aromatic carbocycles. The van der Waals surface area contributed by atoms with Crippen LogP contribution in [0.1, 0.15) is 19.4 Å². The Morgan fingerprint density at radius 2 is 2.17 bits per heavy atom. The molecule has 0 amide bonds. The quantitative estimate of drug-likeness (QED) is 0.896. The SMILES string of the molecule is CC(C)Cc1c(F)c(F)cc2c1ncn2C(=O)O. The molecule has 0 aliphatic rings. The van der Waals surface area contributed by atoms with Crippen LogP contribution in [-0.2, 0) is 6.42 Å². The molecule has 0 aliphatic carbocycles. The molecule has 0 aliphatic heterocycles. The van der Waals surface area contributed by atoms with Gasteiger partial charge in [0.1, 0.15) is 6.33 Å². The third kappa shape index (κ3) is 1.94. The van der Waals surface area contributed by atoms with Gasteiger partial charge in [0, 0.05) is 11.6 Å². The molecule has 6 heteroatoms. The van der Waals surface area contributed by atoms with Crippen LogP contribution in [0.25, 0.3) is 11.0 Å². The Balaban J connectivity index is 2.75. The second-order valence-corrected chi connectivity index (χ2v) is 4.51. The van der Waals surface area contributed by atoms with E-state index in [-0.39, 0.29) is 22.5 Å². The molecule has 0 bridgehead atoms. The second-order valence-electron chi connectivity index (χ2n) is 4.51. The summed E-state index contributed by atoms with van der Waals surface area (Å²) in [6, 6.07) is 0.857. The third-order valence-corrected chi connectivity index (χ3v) is 2.65. The zero-order valence-corrected chi connectivity index (χ0v) is 9.94. The van der Waals surface area contributed by atoms with Crippen molar-refractivity contribution in [1.82, 2.24) is 9.55 Å². The molecule has 1 aromatic heterocycles. The number of fused-ring (bicyclic) bond motifs is 1. The number of carbonyl (C=O) groups is 1. The van der Waals surface area contributed by atoms with Crippen LogP contribution in [0, 0.1) is 17.6 Å². The van der Waals surface area contributed by atoms with Gasteiger partial charge in [-0.25, -0.2) is 23.1 Å². The molecular weight excluding hydrogens is 242 g/mol. The van der Waals surface area contributed by atoms with Crippen LogP contribution in [0.2, 0.25) is 0 Å². The van der Waals surface area contributed by atoms with Gasteiger partial charge < -0.3 is 5.11 Å². The van der Waals surface area contributed by atoms with E-state index in [1.165, 1.54) is 0 Å². The fraction of sp³-hybridized carbons (Fsp3) is 0.333. The summed E-state index contributed by atoms with van der Waals surface area (Å²) in [5.74, 6) is -1.90. The Bertz CT molecular complexity index is 620. The second kappa shape index (κ2) is 4.36. The van der Waals surface area contributed by atoms with E-state index in [1.807, 2.05) is 13.8 Å². The van der Waals surface area contributed by atoms with Crippen molar-refractivity contribution in [2.45, 2.75) is 20.3 Å². The number of rotatable bonds is 2. The number of hydrogen-bond acceptors (Lipinski definition) is 2. The first kappa shape index (κ1) is 12.5. The lowest BCUT2D eigenvalue weighted by Gasteiger charge is -2.08. The number of benzene rings is 1. The molecule has 0 radical (unpaired) electrons. The van der Waals surface area contributed by atoms with Crippen LogP contribution in [0.3, 0.4) is 0 Å². The zero-order chi connectivity index (χ0) is 13.4. The highest BCUT2D eigenvalue weighted by Gasteiger charge is 2.19. The number of nitrogens with zero attached hydrogens (tertiary/aromatic N) is 2. The van der Waals surface area contributed by atoms with Gasteiger partial charge in [-0.2, -0.15) is 0 Å². The maximum atomic E-state index is 13.7. The molecule has 2 aromatic rings. The van der Waals surface area contributed by atoms with Crippen LogP contribution in [-0.4, -0.2) is 20.8 Å². The van der Waals surface area contributed by atoms with Crippen molar-refractivity contribution in [2.75, 3.05) is 0 Å². The zero-order valence-electron chi connectivity index (χ0n) is 9.94. The summed E-state index contributed by atoms with van der Waals surface area (Å²) in [7, 11) is 0. The fourth-order valence-corrected chi connectivity index (χ4v) is 1.91. The molecule has 1 N–H and O–H groups in total. The van der Waals surface area contributed by atoms with E-state index >= 15 is 0 Å². The molecule has 0 atom stereocenters. The molecule has 0 fully saturated rings. The van der Waals surface area contributed by atoms with Crippen LogP contribution >= 0.6 is 0 Å². The van der Waals surface area contributed by atoms with Crippen molar-refractivity contribution in [3.05, 3.63) is 29.6 Å². The highest BCUT2D eigenvalue weighted by Crippen LogP contribution is 2.25. The smallest absolute Gasteiger partial charge is 0.417 e. The summed E-state index contributed by atoms with van der Waals surface area (Å²) in [6.45, 7) is 3.73. The summed E-state index contributed by atoms with van der Waals surface area (Å²) in [4.78, 5) is 14.8. The van der Waals surface area contributed by atoms with Crippen LogP contribution in [0.15, 0.2) is 12.4 Å². The Hall–Kier alpha value is -1.98. The first-order valence-corrected chi connectivity index (χ1v) is 5.49. The normalized spacial score (nSPS) is 11.4. The van der Waals surface area contributed by atoms with Gasteiger partial charge in [0.25, 0.3) is 0 Å². The Labute approximate surface area is 102 Å². The minimum absolute atomic E-state index is 0.0667. The molecule has 0 unspecified atom stereocenters. The number of halogens is 2. The largest absolute Gasteiger partial charge is 0.464 e. The number of hydrogen-bond donors (Lipinski definition) is 1. The summed E-state index contributed by atoms with van der Waals surface area (Å²) < 4.78 is 28.0. The van der Waals surface area contributed by atoms with Crippen LogP contribution in [0.5, 0.6) is 0 Å². The molecule has 96 valence electrons. The molecule has 1 heterocycles. The van der Waals surface area contributed by atoms with Gasteiger partial charge in [-0.1, -0.05) is 13.8 Å². The average Bonchev–Trinajstić information content (AvgIpc) is 2.67. The summed E-state index contributed by atoms with van der Waals surface area (Å²) in [5.41, 5.74) is 0.391. The van der Waals surface area contributed by atoms with Gasteiger partial charge in [0.15, 0.2) is 11.6 Å². The first-order valence-electron chi connectivity index (χ1n) is 5.49. The van der Waals surface area contributed by atoms with Crippen LogP contribution in [0.4, 0.5) is 13.6 Å². The van der Waals surface area contributed by atoms with E-state index in [2.05, 4.69) is 4.98 Å². The van der Waals surface area contributed by atoms with Crippen molar-refractivity contribution < 1.29 is 18.7 Å². The average molecular weight is 254 g/mol. The standard InChI is InChI=1S/C12H12F2N2O2/c1-6(2)3-7-10(14)8(13)4-9-11(7)15-5-16(9)12(17)18/h4-6H,3H2,1-2H3,(H,17,18). The molecule has 2 rings (SSSR count). The minimum atomic E-state index is -1.28. The number of imidazole rings is 1. The first-order chi connectivity index (χ1) is 8.41. The van der Waals surface area contributed by atoms with Crippen LogP contribution < -0.4 is 0 Å². The van der Waals surface area contributed by atoms with Crippen molar-refractivity contribution in [1.29, 1.82) is 0 Å². The monoisotopic (exact) mass is 254 g/mol. The Morgan fingerprint density at radius 1 is 1.50 bits per heavy atom. The molecule has 4 nitrogen and oxygen atoms in total. The Kier molecular flexibility index (Phi) is 3.02. The van der Waals surface area contributed by atoms with E-state index in [4.69, 9.17) is 5.11 Å². The van der Waals surface area contributed by atoms with Gasteiger partial charge >= 0.3 is 6.09 Å². The lowest BCUT2D eigenvalue weighted by atomic mass is 10.0. The lowest BCUT2D eigenvalue weighted by molar-refractivity contribution is 0.197. The van der Waals surface area contributed by atoms with Crippen molar-refractivity contribution in [2.24, 2.45) is 5.92 Å². The maximum Gasteiger partial charge on any atom is 0.417 e. The molecule has 0 saturated carbocycles.